The number of sulfone groups is 1. The number of ether oxygens (including phenoxy) is 2. The average Bonchev–Trinajstić information content (AvgIpc) is 3.69. The monoisotopic (exact) mass is 553 g/mol. The highest BCUT2D eigenvalue weighted by Gasteiger charge is 2.42. The number of benzene rings is 2. The highest BCUT2D eigenvalue weighted by molar-refractivity contribution is 7.91. The van der Waals surface area contributed by atoms with Crippen LogP contribution in [0.25, 0.3) is 0 Å². The van der Waals surface area contributed by atoms with Crippen LogP contribution >= 0.6 is 0 Å². The van der Waals surface area contributed by atoms with Gasteiger partial charge in [0.1, 0.15) is 0 Å². The number of carbonyl (C=O) groups excluding carboxylic acids is 1. The van der Waals surface area contributed by atoms with Crippen molar-refractivity contribution in [2.24, 2.45) is 5.92 Å². The molecule has 3 aliphatic heterocycles. The van der Waals surface area contributed by atoms with Gasteiger partial charge in [0.05, 0.1) is 9.79 Å². The fraction of sp³-hybridized carbons (Fsp3) is 0.567. The number of carbonyl (C=O) groups is 1. The van der Waals surface area contributed by atoms with Gasteiger partial charge in [-0.15, -0.1) is 0 Å². The van der Waals surface area contributed by atoms with Crippen LogP contribution in [0, 0.1) is 5.92 Å². The number of piperidine rings is 1. The van der Waals surface area contributed by atoms with E-state index in [-0.39, 0.29) is 28.2 Å². The van der Waals surface area contributed by atoms with E-state index in [1.807, 2.05) is 12.1 Å². The van der Waals surface area contributed by atoms with Crippen LogP contribution in [0.2, 0.25) is 0 Å². The Hall–Kier alpha value is -2.62. The van der Waals surface area contributed by atoms with Crippen LogP contribution in [-0.2, 0) is 14.6 Å². The summed E-state index contributed by atoms with van der Waals surface area (Å²) in [5, 5.41) is 0. The number of amides is 1. The van der Waals surface area contributed by atoms with E-state index in [0.717, 1.165) is 64.0 Å². The van der Waals surface area contributed by atoms with E-state index in [4.69, 9.17) is 9.47 Å². The standard InChI is InChI=1S/C30H39N3O5S/c1-21-19-32(30(3)12-14-31(15-13-30)29(34)24-4-5-24)16-17-33(21)22(2)23-6-8-25(9-7-23)39(35,36)26-10-11-27-28(18-26)38-20-37-27/h6-11,18,21-22,24H,4-5,12-17,19-20H2,1-3H3/t21-,22+/m1/s1. The molecule has 210 valence electrons. The molecule has 39 heavy (non-hydrogen) atoms. The molecule has 3 fully saturated rings. The van der Waals surface area contributed by atoms with Gasteiger partial charge < -0.3 is 14.4 Å². The number of hydrogen-bond donors (Lipinski definition) is 0. The lowest BCUT2D eigenvalue weighted by Crippen LogP contribution is -2.62. The first-order valence-electron chi connectivity index (χ1n) is 14.2. The first-order chi connectivity index (χ1) is 18.7. The molecule has 4 aliphatic rings. The van der Waals surface area contributed by atoms with E-state index < -0.39 is 9.84 Å². The molecule has 1 aliphatic carbocycles. The van der Waals surface area contributed by atoms with Gasteiger partial charge in [-0.05, 0) is 76.3 Å². The third-order valence-corrected chi connectivity index (χ3v) is 11.1. The molecule has 0 N–H and O–H groups in total. The van der Waals surface area contributed by atoms with Gasteiger partial charge in [-0.2, -0.15) is 0 Å². The SMILES string of the molecule is C[C@@H]1CN(C2(C)CCN(C(=O)C3CC3)CC2)CCN1[C@@H](C)c1ccc(S(=O)(=O)c2ccc3c(c2)OCO3)cc1. The summed E-state index contributed by atoms with van der Waals surface area (Å²) >= 11 is 0. The number of piperazine rings is 1. The van der Waals surface area contributed by atoms with Crippen LogP contribution in [0.4, 0.5) is 0 Å². The van der Waals surface area contributed by atoms with Crippen LogP contribution in [0.1, 0.15) is 58.1 Å². The summed E-state index contributed by atoms with van der Waals surface area (Å²) in [6, 6.07) is 12.6. The second-order valence-electron chi connectivity index (χ2n) is 11.9. The fourth-order valence-electron chi connectivity index (χ4n) is 6.45. The first kappa shape index (κ1) is 26.6. The van der Waals surface area contributed by atoms with E-state index in [1.54, 1.807) is 24.3 Å². The predicted octanol–water partition coefficient (Wildman–Crippen LogP) is 4.11. The molecule has 0 aromatic heterocycles. The summed E-state index contributed by atoms with van der Waals surface area (Å²) in [5.74, 6) is 1.70. The molecule has 0 bridgehead atoms. The van der Waals surface area contributed by atoms with Crippen LogP contribution in [0.5, 0.6) is 11.5 Å². The van der Waals surface area contributed by atoms with Crippen molar-refractivity contribution in [1.29, 1.82) is 0 Å². The lowest BCUT2D eigenvalue weighted by molar-refractivity contribution is -0.135. The third kappa shape index (κ3) is 5.05. The van der Waals surface area contributed by atoms with Crippen molar-refractivity contribution >= 4 is 15.7 Å². The van der Waals surface area contributed by atoms with Crippen molar-refractivity contribution in [3.05, 3.63) is 48.0 Å². The van der Waals surface area contributed by atoms with Gasteiger partial charge in [0, 0.05) is 62.3 Å². The number of nitrogens with zero attached hydrogens (tertiary/aromatic N) is 3. The summed E-state index contributed by atoms with van der Waals surface area (Å²) in [7, 11) is -3.66. The molecule has 3 heterocycles. The van der Waals surface area contributed by atoms with Crippen molar-refractivity contribution in [2.45, 2.75) is 73.9 Å². The molecule has 2 saturated heterocycles. The van der Waals surface area contributed by atoms with Gasteiger partial charge in [0.15, 0.2) is 11.5 Å². The molecule has 1 amide bonds. The van der Waals surface area contributed by atoms with Crippen molar-refractivity contribution < 1.29 is 22.7 Å². The van der Waals surface area contributed by atoms with E-state index in [2.05, 4.69) is 35.5 Å². The fourth-order valence-corrected chi connectivity index (χ4v) is 7.72. The zero-order chi connectivity index (χ0) is 27.4. The highest BCUT2D eigenvalue weighted by Crippen LogP contribution is 2.38. The molecular weight excluding hydrogens is 514 g/mol. The predicted molar refractivity (Wildman–Crippen MR) is 148 cm³/mol. The molecule has 0 spiro atoms. The molecule has 0 unspecified atom stereocenters. The number of likely N-dealkylation sites (tertiary alicyclic amines) is 1. The highest BCUT2D eigenvalue weighted by atomic mass is 32.2. The van der Waals surface area contributed by atoms with Crippen molar-refractivity contribution in [3.63, 3.8) is 0 Å². The summed E-state index contributed by atoms with van der Waals surface area (Å²) in [4.78, 5) is 20.2. The number of hydrogen-bond acceptors (Lipinski definition) is 7. The second kappa shape index (κ2) is 10.1. The Morgan fingerprint density at radius 1 is 0.949 bits per heavy atom. The minimum absolute atomic E-state index is 0.108. The molecular formula is C30H39N3O5S. The van der Waals surface area contributed by atoms with Gasteiger partial charge in [-0.1, -0.05) is 12.1 Å². The molecule has 2 aromatic carbocycles. The molecule has 2 atom stereocenters. The number of rotatable bonds is 6. The summed E-state index contributed by atoms with van der Waals surface area (Å²) in [6.07, 6.45) is 4.21. The summed E-state index contributed by atoms with van der Waals surface area (Å²) in [5.41, 5.74) is 1.24. The molecule has 0 radical (unpaired) electrons. The minimum Gasteiger partial charge on any atom is -0.454 e. The van der Waals surface area contributed by atoms with Crippen LogP contribution in [0.15, 0.2) is 52.3 Å². The Morgan fingerprint density at radius 3 is 2.28 bits per heavy atom. The topological polar surface area (TPSA) is 79.4 Å². The maximum absolute atomic E-state index is 13.2. The third-order valence-electron chi connectivity index (χ3n) is 9.35. The maximum atomic E-state index is 13.2. The van der Waals surface area contributed by atoms with E-state index in [9.17, 15) is 13.2 Å². The minimum atomic E-state index is -3.66. The molecule has 9 heteroatoms. The van der Waals surface area contributed by atoms with E-state index >= 15 is 0 Å². The Balaban J connectivity index is 1.08. The quantitative estimate of drug-likeness (QED) is 0.533. The molecule has 1 saturated carbocycles. The van der Waals surface area contributed by atoms with Gasteiger partial charge in [0.2, 0.25) is 22.5 Å². The van der Waals surface area contributed by atoms with Crippen LogP contribution < -0.4 is 9.47 Å². The molecule has 8 nitrogen and oxygen atoms in total. The Morgan fingerprint density at radius 2 is 1.62 bits per heavy atom. The average molecular weight is 554 g/mol. The lowest BCUT2D eigenvalue weighted by atomic mass is 9.86. The van der Waals surface area contributed by atoms with Gasteiger partial charge in [-0.3, -0.25) is 14.6 Å². The Bertz CT molecular complexity index is 1330. The lowest BCUT2D eigenvalue weighted by Gasteiger charge is -2.52. The second-order valence-corrected chi connectivity index (χ2v) is 13.8. The first-order valence-corrected chi connectivity index (χ1v) is 15.7. The molecule has 6 rings (SSSR count). The van der Waals surface area contributed by atoms with Crippen molar-refractivity contribution in [3.8, 4) is 11.5 Å². The zero-order valence-corrected chi connectivity index (χ0v) is 24.0. The Kier molecular flexibility index (Phi) is 6.88. The van der Waals surface area contributed by atoms with Crippen LogP contribution in [-0.4, -0.2) is 80.1 Å². The summed E-state index contributed by atoms with van der Waals surface area (Å²) < 4.78 is 37.2. The van der Waals surface area contributed by atoms with Gasteiger partial charge in [-0.25, -0.2) is 8.42 Å². The van der Waals surface area contributed by atoms with Crippen molar-refractivity contribution in [2.75, 3.05) is 39.5 Å². The zero-order valence-electron chi connectivity index (χ0n) is 23.1. The van der Waals surface area contributed by atoms with Crippen LogP contribution in [0.3, 0.4) is 0 Å². The van der Waals surface area contributed by atoms with E-state index in [1.165, 1.54) is 6.07 Å². The van der Waals surface area contributed by atoms with E-state index in [0.29, 0.717) is 29.4 Å². The smallest absolute Gasteiger partial charge is 0.231 e. The van der Waals surface area contributed by atoms with Gasteiger partial charge in [0.25, 0.3) is 0 Å². The largest absolute Gasteiger partial charge is 0.454 e. The Labute approximate surface area is 231 Å². The normalized spacial score (nSPS) is 24.5. The van der Waals surface area contributed by atoms with Gasteiger partial charge >= 0.3 is 0 Å². The number of fused-ring (bicyclic) bond motifs is 1. The maximum Gasteiger partial charge on any atom is 0.231 e. The molecule has 2 aromatic rings. The summed E-state index contributed by atoms with van der Waals surface area (Å²) in [6.45, 7) is 11.7. The van der Waals surface area contributed by atoms with Crippen molar-refractivity contribution in [1.82, 2.24) is 14.7 Å².